The van der Waals surface area contributed by atoms with Gasteiger partial charge in [-0.1, -0.05) is 0 Å². The average molecular weight is 241 g/mol. The Labute approximate surface area is 85.6 Å². The molecule has 0 aromatic carbocycles. The molecule has 0 saturated carbocycles. The van der Waals surface area contributed by atoms with Gasteiger partial charge in [-0.2, -0.15) is 0 Å². The predicted molar refractivity (Wildman–Crippen MR) is 48.3 cm³/mol. The number of carboxylic acid groups (broad SMARTS) is 1. The van der Waals surface area contributed by atoms with Crippen molar-refractivity contribution in [3.63, 3.8) is 0 Å². The summed E-state index contributed by atoms with van der Waals surface area (Å²) in [6.45, 7) is 0.675. The second-order valence-corrected chi connectivity index (χ2v) is 4.21. The van der Waals surface area contributed by atoms with Crippen LogP contribution in [0.2, 0.25) is 0 Å². The summed E-state index contributed by atoms with van der Waals surface area (Å²) >= 11 is 0. The molecule has 0 aliphatic carbocycles. The van der Waals surface area contributed by atoms with E-state index in [2.05, 4.69) is 4.74 Å². The first kappa shape index (κ1) is 13.9. The topological polar surface area (TPSA) is 124 Å². The van der Waals surface area contributed by atoms with Gasteiger partial charge in [0.15, 0.2) is 0 Å². The molecule has 0 unspecified atom stereocenters. The van der Waals surface area contributed by atoms with Crippen LogP contribution in [-0.2, 0) is 14.1 Å². The van der Waals surface area contributed by atoms with E-state index in [0.29, 0.717) is 4.90 Å². The molecule has 3 N–H and O–H groups in total. The van der Waals surface area contributed by atoms with Gasteiger partial charge in [0.1, 0.15) is 12.8 Å². The van der Waals surface area contributed by atoms with Crippen LogP contribution in [0.3, 0.4) is 0 Å². The summed E-state index contributed by atoms with van der Waals surface area (Å²) < 4.78 is 15.0. The Morgan fingerprint density at radius 1 is 1.40 bits per heavy atom. The molecule has 0 atom stereocenters. The number of aliphatic carboxylic acids is 1. The zero-order valence-electron chi connectivity index (χ0n) is 7.99. The SMILES string of the molecule is CCOC(=O)N(CC(=O)O)CP(=O)(O)O. The Morgan fingerprint density at radius 3 is 2.27 bits per heavy atom. The number of carboxylic acids is 1. The quantitative estimate of drug-likeness (QED) is 0.562. The Morgan fingerprint density at radius 2 is 1.93 bits per heavy atom. The number of nitrogens with zero attached hydrogens (tertiary/aromatic N) is 1. The van der Waals surface area contributed by atoms with Crippen LogP contribution >= 0.6 is 7.60 Å². The minimum atomic E-state index is -4.49. The van der Waals surface area contributed by atoms with Crippen LogP contribution in [0.1, 0.15) is 6.92 Å². The lowest BCUT2D eigenvalue weighted by atomic mass is 10.6. The fourth-order valence-electron chi connectivity index (χ4n) is 0.773. The predicted octanol–water partition coefficient (Wildman–Crippen LogP) is -0.335. The lowest BCUT2D eigenvalue weighted by molar-refractivity contribution is -0.137. The monoisotopic (exact) mass is 241 g/mol. The molecule has 0 saturated heterocycles. The normalized spacial score (nSPS) is 10.9. The number of ether oxygens (including phenoxy) is 1. The van der Waals surface area contributed by atoms with Crippen LogP contribution in [0.25, 0.3) is 0 Å². The van der Waals surface area contributed by atoms with Gasteiger partial charge in [0.2, 0.25) is 0 Å². The fraction of sp³-hybridized carbons (Fsp3) is 0.667. The minimum absolute atomic E-state index is 0.00386. The van der Waals surface area contributed by atoms with E-state index in [4.69, 9.17) is 14.9 Å². The maximum absolute atomic E-state index is 11.1. The third-order valence-corrected chi connectivity index (χ3v) is 1.92. The molecule has 0 aliphatic heterocycles. The van der Waals surface area contributed by atoms with Gasteiger partial charge >= 0.3 is 19.7 Å². The molecule has 9 heteroatoms. The Balaban J connectivity index is 4.51. The molecule has 0 bridgehead atoms. The van der Waals surface area contributed by atoms with Gasteiger partial charge in [-0.25, -0.2) is 4.79 Å². The zero-order valence-corrected chi connectivity index (χ0v) is 8.88. The first-order chi connectivity index (χ1) is 6.76. The van der Waals surface area contributed by atoms with Gasteiger partial charge in [0.05, 0.1) is 6.61 Å². The molecule has 15 heavy (non-hydrogen) atoms. The maximum Gasteiger partial charge on any atom is 0.410 e. The van der Waals surface area contributed by atoms with E-state index in [1.165, 1.54) is 6.92 Å². The highest BCUT2D eigenvalue weighted by molar-refractivity contribution is 7.51. The summed E-state index contributed by atoms with van der Waals surface area (Å²) in [4.78, 5) is 39.0. The molecule has 0 aliphatic rings. The van der Waals surface area contributed by atoms with Gasteiger partial charge < -0.3 is 19.6 Å². The molecular formula is C6H12NO7P. The van der Waals surface area contributed by atoms with E-state index < -0.39 is 32.5 Å². The van der Waals surface area contributed by atoms with Crippen LogP contribution in [-0.4, -0.2) is 51.3 Å². The van der Waals surface area contributed by atoms with E-state index in [1.54, 1.807) is 0 Å². The van der Waals surface area contributed by atoms with Gasteiger partial charge in [0.25, 0.3) is 0 Å². The van der Waals surface area contributed by atoms with Crippen LogP contribution in [0, 0.1) is 0 Å². The van der Waals surface area contributed by atoms with Crippen LogP contribution in [0.15, 0.2) is 0 Å². The lowest BCUT2D eigenvalue weighted by Gasteiger charge is -2.19. The fourth-order valence-corrected chi connectivity index (χ4v) is 1.43. The summed E-state index contributed by atoms with van der Waals surface area (Å²) in [7, 11) is -4.49. The van der Waals surface area contributed by atoms with Crippen molar-refractivity contribution < 1.29 is 33.8 Å². The number of hydrogen-bond acceptors (Lipinski definition) is 4. The molecule has 0 aromatic heterocycles. The van der Waals surface area contributed by atoms with E-state index in [1.807, 2.05) is 0 Å². The Hall–Kier alpha value is -1.11. The molecule has 0 fully saturated rings. The van der Waals surface area contributed by atoms with Crippen LogP contribution in [0.4, 0.5) is 4.79 Å². The van der Waals surface area contributed by atoms with Crippen LogP contribution < -0.4 is 0 Å². The third kappa shape index (κ3) is 6.89. The minimum Gasteiger partial charge on any atom is -0.480 e. The van der Waals surface area contributed by atoms with Crippen molar-refractivity contribution in [1.29, 1.82) is 0 Å². The van der Waals surface area contributed by atoms with E-state index >= 15 is 0 Å². The van der Waals surface area contributed by atoms with Crippen molar-refractivity contribution in [2.75, 3.05) is 19.4 Å². The van der Waals surface area contributed by atoms with Crippen molar-refractivity contribution in [3.8, 4) is 0 Å². The first-order valence-corrected chi connectivity index (χ1v) is 5.74. The highest BCUT2D eigenvalue weighted by Gasteiger charge is 2.26. The van der Waals surface area contributed by atoms with Crippen molar-refractivity contribution in [2.45, 2.75) is 6.92 Å². The van der Waals surface area contributed by atoms with E-state index in [-0.39, 0.29) is 6.61 Å². The number of carbonyl (C=O) groups is 2. The number of carbonyl (C=O) groups excluding carboxylic acids is 1. The lowest BCUT2D eigenvalue weighted by Crippen LogP contribution is -2.36. The molecule has 0 rings (SSSR count). The van der Waals surface area contributed by atoms with E-state index in [0.717, 1.165) is 0 Å². The summed E-state index contributed by atoms with van der Waals surface area (Å²) in [5, 5.41) is 8.40. The summed E-state index contributed by atoms with van der Waals surface area (Å²) in [5.74, 6) is -1.38. The molecule has 0 radical (unpaired) electrons. The van der Waals surface area contributed by atoms with Gasteiger partial charge in [-0.15, -0.1) is 0 Å². The maximum atomic E-state index is 11.1. The van der Waals surface area contributed by atoms with Crippen molar-refractivity contribution in [2.24, 2.45) is 0 Å². The highest BCUT2D eigenvalue weighted by atomic mass is 31.2. The summed E-state index contributed by atoms with van der Waals surface area (Å²) in [6.07, 6.45) is -2.04. The van der Waals surface area contributed by atoms with Crippen molar-refractivity contribution in [1.82, 2.24) is 4.90 Å². The highest BCUT2D eigenvalue weighted by Crippen LogP contribution is 2.35. The van der Waals surface area contributed by atoms with E-state index in [9.17, 15) is 14.2 Å². The Bertz CT molecular complexity index is 285. The number of amides is 1. The molecule has 0 heterocycles. The van der Waals surface area contributed by atoms with Gasteiger partial charge in [-0.05, 0) is 6.92 Å². The third-order valence-electron chi connectivity index (χ3n) is 1.21. The molecule has 0 aromatic rings. The molecular weight excluding hydrogens is 229 g/mol. The average Bonchev–Trinajstić information content (AvgIpc) is 1.99. The summed E-state index contributed by atoms with van der Waals surface area (Å²) in [6, 6.07) is 0. The van der Waals surface area contributed by atoms with Gasteiger partial charge in [0, 0.05) is 0 Å². The smallest absolute Gasteiger partial charge is 0.410 e. The summed E-state index contributed by atoms with van der Waals surface area (Å²) in [5.41, 5.74) is 0. The number of hydrogen-bond donors (Lipinski definition) is 3. The second-order valence-electron chi connectivity index (χ2n) is 2.60. The zero-order chi connectivity index (χ0) is 12.1. The molecule has 0 spiro atoms. The van der Waals surface area contributed by atoms with Crippen molar-refractivity contribution in [3.05, 3.63) is 0 Å². The second kappa shape index (κ2) is 5.69. The molecule has 88 valence electrons. The number of rotatable bonds is 5. The first-order valence-electron chi connectivity index (χ1n) is 3.94. The largest absolute Gasteiger partial charge is 0.480 e. The molecule has 8 nitrogen and oxygen atoms in total. The van der Waals surface area contributed by atoms with Crippen LogP contribution in [0.5, 0.6) is 0 Å². The van der Waals surface area contributed by atoms with Crippen molar-refractivity contribution >= 4 is 19.7 Å². The Kier molecular flexibility index (Phi) is 5.27. The molecule has 1 amide bonds. The van der Waals surface area contributed by atoms with Gasteiger partial charge in [-0.3, -0.25) is 14.3 Å². The standard InChI is InChI=1S/C6H12NO7P/c1-2-14-6(10)7(3-5(8)9)4-15(11,12)13/h2-4H2,1H3,(H,8,9)(H2,11,12,13).